The molecule has 4 heteroatoms. The molecule has 0 amide bonds. The van der Waals surface area contributed by atoms with Crippen molar-refractivity contribution >= 4 is 5.97 Å². The van der Waals surface area contributed by atoms with Crippen molar-refractivity contribution in [3.05, 3.63) is 34.9 Å². The number of carbonyl (C=O) groups is 1. The quantitative estimate of drug-likeness (QED) is 0.863. The van der Waals surface area contributed by atoms with Crippen LogP contribution in [0.4, 0.5) is 0 Å². The number of benzene rings is 1. The summed E-state index contributed by atoms with van der Waals surface area (Å²) in [6, 6.07) is 6.58. The number of carbonyl (C=O) groups excluding carboxylic acids is 1. The molecule has 1 aromatic carbocycles. The van der Waals surface area contributed by atoms with Gasteiger partial charge in [0.25, 0.3) is 0 Å². The van der Waals surface area contributed by atoms with E-state index in [0.717, 1.165) is 32.5 Å². The van der Waals surface area contributed by atoms with E-state index in [0.29, 0.717) is 0 Å². The van der Waals surface area contributed by atoms with E-state index in [9.17, 15) is 9.90 Å². The summed E-state index contributed by atoms with van der Waals surface area (Å²) in [5.41, 5.74) is 3.97. The average Bonchev–Trinajstić information content (AvgIpc) is 2.50. The molecule has 2 rings (SSSR count). The summed E-state index contributed by atoms with van der Waals surface area (Å²) in [7, 11) is 1.32. The molecule has 0 aromatic heterocycles. The number of nitrogens with zero attached hydrogens (tertiary/aromatic N) is 1. The van der Waals surface area contributed by atoms with Crippen molar-refractivity contribution in [1.29, 1.82) is 0 Å². The molecule has 1 saturated heterocycles. The Balaban J connectivity index is 1.86. The highest BCUT2D eigenvalue weighted by molar-refractivity contribution is 5.74. The Morgan fingerprint density at radius 1 is 1.33 bits per heavy atom. The highest BCUT2D eigenvalue weighted by atomic mass is 16.5. The van der Waals surface area contributed by atoms with Gasteiger partial charge in [0.05, 0.1) is 7.11 Å². The first kappa shape index (κ1) is 16.0. The van der Waals surface area contributed by atoms with Crippen molar-refractivity contribution in [3.8, 4) is 0 Å². The number of piperidine rings is 1. The number of rotatable bonds is 4. The van der Waals surface area contributed by atoms with Gasteiger partial charge < -0.3 is 9.84 Å². The lowest BCUT2D eigenvalue weighted by atomic mass is 9.91. The monoisotopic (exact) mass is 291 g/mol. The summed E-state index contributed by atoms with van der Waals surface area (Å²) in [6.45, 7) is 7.01. The third-order valence-corrected chi connectivity index (χ3v) is 4.50. The molecule has 1 aromatic rings. The van der Waals surface area contributed by atoms with Gasteiger partial charge in [-0.15, -0.1) is 0 Å². The fourth-order valence-electron chi connectivity index (χ4n) is 2.90. The maximum absolute atomic E-state index is 11.4. The smallest absolute Gasteiger partial charge is 0.334 e. The van der Waals surface area contributed by atoms with E-state index in [4.69, 9.17) is 0 Å². The maximum Gasteiger partial charge on any atom is 0.334 e. The van der Waals surface area contributed by atoms with E-state index in [-0.39, 0.29) is 5.92 Å². The van der Waals surface area contributed by atoms with E-state index in [1.54, 1.807) is 0 Å². The molecule has 1 fully saturated rings. The van der Waals surface area contributed by atoms with Crippen LogP contribution < -0.4 is 0 Å². The van der Waals surface area contributed by atoms with Gasteiger partial charge in [-0.25, -0.2) is 4.79 Å². The number of hydrogen-bond donors (Lipinski definition) is 1. The molecule has 0 bridgehead atoms. The number of aliphatic hydroxyl groups excluding tert-OH is 1. The molecular weight excluding hydrogens is 266 g/mol. The van der Waals surface area contributed by atoms with Crippen molar-refractivity contribution in [2.75, 3.05) is 20.2 Å². The zero-order valence-electron chi connectivity index (χ0n) is 13.1. The van der Waals surface area contributed by atoms with Crippen molar-refractivity contribution in [2.45, 2.75) is 39.3 Å². The largest absolute Gasteiger partial charge is 0.467 e. The summed E-state index contributed by atoms with van der Waals surface area (Å²) in [6.07, 6.45) is 0.696. The summed E-state index contributed by atoms with van der Waals surface area (Å²) in [4.78, 5) is 13.7. The van der Waals surface area contributed by atoms with Gasteiger partial charge in [-0.1, -0.05) is 18.2 Å². The van der Waals surface area contributed by atoms with Crippen molar-refractivity contribution in [2.24, 2.45) is 5.92 Å². The lowest BCUT2D eigenvalue weighted by Crippen LogP contribution is -2.40. The van der Waals surface area contributed by atoms with Crippen molar-refractivity contribution < 1.29 is 14.6 Å². The Hall–Kier alpha value is -1.39. The Kier molecular flexibility index (Phi) is 5.37. The summed E-state index contributed by atoms with van der Waals surface area (Å²) < 4.78 is 4.61. The molecule has 1 heterocycles. The maximum atomic E-state index is 11.4. The molecule has 1 atom stereocenters. The number of ether oxygens (including phenoxy) is 1. The van der Waals surface area contributed by atoms with Crippen LogP contribution in [-0.2, 0) is 16.1 Å². The van der Waals surface area contributed by atoms with E-state index >= 15 is 0 Å². The van der Waals surface area contributed by atoms with Crippen molar-refractivity contribution in [1.82, 2.24) is 4.90 Å². The van der Waals surface area contributed by atoms with Gasteiger partial charge in [-0.3, -0.25) is 4.90 Å². The van der Waals surface area contributed by atoms with Crippen LogP contribution in [-0.4, -0.2) is 42.3 Å². The van der Waals surface area contributed by atoms with E-state index in [2.05, 4.69) is 41.7 Å². The molecule has 4 nitrogen and oxygen atoms in total. The minimum absolute atomic E-state index is 0.0217. The molecule has 1 aliphatic heterocycles. The fourth-order valence-corrected chi connectivity index (χ4v) is 2.90. The van der Waals surface area contributed by atoms with Crippen LogP contribution >= 0.6 is 0 Å². The third-order valence-electron chi connectivity index (χ3n) is 4.50. The molecule has 116 valence electrons. The molecule has 0 radical (unpaired) electrons. The molecule has 21 heavy (non-hydrogen) atoms. The number of methoxy groups -OCH3 is 1. The van der Waals surface area contributed by atoms with E-state index in [1.807, 2.05) is 0 Å². The average molecular weight is 291 g/mol. The highest BCUT2D eigenvalue weighted by Crippen LogP contribution is 2.23. The third kappa shape index (κ3) is 4.05. The number of aryl methyl sites for hydroxylation is 2. The lowest BCUT2D eigenvalue weighted by molar-refractivity contribution is -0.154. The van der Waals surface area contributed by atoms with Crippen LogP contribution in [0.1, 0.15) is 29.5 Å². The SMILES string of the molecule is COC(=O)[C@@H](O)C1CCN(Cc2ccc(C)c(C)c2)CC1. The van der Waals surface area contributed by atoms with E-state index < -0.39 is 12.1 Å². The minimum atomic E-state index is -0.973. The second kappa shape index (κ2) is 7.05. The predicted octanol–water partition coefficient (Wildman–Crippen LogP) is 2.05. The van der Waals surface area contributed by atoms with Gasteiger partial charge in [-0.2, -0.15) is 0 Å². The predicted molar refractivity (Wildman–Crippen MR) is 81.9 cm³/mol. The zero-order chi connectivity index (χ0) is 15.4. The van der Waals surface area contributed by atoms with Gasteiger partial charge in [0.1, 0.15) is 0 Å². The van der Waals surface area contributed by atoms with Crippen LogP contribution in [0, 0.1) is 19.8 Å². The second-order valence-corrected chi connectivity index (χ2v) is 6.00. The molecule has 0 spiro atoms. The number of likely N-dealkylation sites (tertiary alicyclic amines) is 1. The highest BCUT2D eigenvalue weighted by Gasteiger charge is 2.30. The van der Waals surface area contributed by atoms with Crippen LogP contribution in [0.25, 0.3) is 0 Å². The van der Waals surface area contributed by atoms with E-state index in [1.165, 1.54) is 23.8 Å². The van der Waals surface area contributed by atoms with Crippen LogP contribution in [0.3, 0.4) is 0 Å². The van der Waals surface area contributed by atoms with Crippen LogP contribution in [0.15, 0.2) is 18.2 Å². The Morgan fingerprint density at radius 2 is 2.00 bits per heavy atom. The fraction of sp³-hybridized carbons (Fsp3) is 0.588. The summed E-state index contributed by atoms with van der Waals surface area (Å²) >= 11 is 0. The van der Waals surface area contributed by atoms with Gasteiger partial charge in [0, 0.05) is 6.54 Å². The van der Waals surface area contributed by atoms with Gasteiger partial charge >= 0.3 is 5.97 Å². The van der Waals surface area contributed by atoms with Gasteiger partial charge in [0.2, 0.25) is 0 Å². The number of aliphatic hydroxyl groups is 1. The summed E-state index contributed by atoms with van der Waals surface area (Å²) in [5, 5.41) is 9.89. The van der Waals surface area contributed by atoms with Gasteiger partial charge in [-0.05, 0) is 62.4 Å². The van der Waals surface area contributed by atoms with Crippen LogP contribution in [0.5, 0.6) is 0 Å². The standard InChI is InChI=1S/C17H25NO3/c1-12-4-5-14(10-13(12)2)11-18-8-6-15(7-9-18)16(19)17(20)21-3/h4-5,10,15-16,19H,6-9,11H2,1-3H3/t16-/m0/s1. The number of esters is 1. The zero-order valence-corrected chi connectivity index (χ0v) is 13.1. The van der Waals surface area contributed by atoms with Crippen molar-refractivity contribution in [3.63, 3.8) is 0 Å². The topological polar surface area (TPSA) is 49.8 Å². The first-order valence-electron chi connectivity index (χ1n) is 7.55. The van der Waals surface area contributed by atoms with Gasteiger partial charge in [0.15, 0.2) is 6.10 Å². The lowest BCUT2D eigenvalue weighted by Gasteiger charge is -2.33. The van der Waals surface area contributed by atoms with Crippen LogP contribution in [0.2, 0.25) is 0 Å². The normalized spacial score (nSPS) is 18.5. The molecule has 0 unspecified atom stereocenters. The Labute approximate surface area is 126 Å². The second-order valence-electron chi connectivity index (χ2n) is 6.00. The minimum Gasteiger partial charge on any atom is -0.467 e. The Bertz CT molecular complexity index is 493. The Morgan fingerprint density at radius 3 is 2.57 bits per heavy atom. The number of hydrogen-bond acceptors (Lipinski definition) is 4. The molecule has 1 N–H and O–H groups in total. The molecule has 1 aliphatic rings. The summed E-state index contributed by atoms with van der Waals surface area (Å²) in [5.74, 6) is -0.490. The molecule has 0 aliphatic carbocycles. The molecule has 0 saturated carbocycles. The first-order chi connectivity index (χ1) is 10.0. The molecular formula is C17H25NO3. The first-order valence-corrected chi connectivity index (χ1v) is 7.55.